The first-order chi connectivity index (χ1) is 10.8. The number of carbonyl (C=O) groups excluding carboxylic acids is 2. The van der Waals surface area contributed by atoms with Crippen molar-refractivity contribution in [1.29, 1.82) is 0 Å². The first-order valence-corrected chi connectivity index (χ1v) is 7.92. The van der Waals surface area contributed by atoms with Gasteiger partial charge in [-0.2, -0.15) is 0 Å². The predicted octanol–water partition coefficient (Wildman–Crippen LogP) is 2.82. The molecule has 5 heteroatoms. The van der Waals surface area contributed by atoms with E-state index in [0.29, 0.717) is 24.5 Å². The van der Waals surface area contributed by atoms with Crippen molar-refractivity contribution in [3.63, 3.8) is 0 Å². The average molecular weight is 316 g/mol. The number of aromatic nitrogens is 2. The molecule has 0 amide bonds. The maximum Gasteiger partial charge on any atom is 0.358 e. The van der Waals surface area contributed by atoms with Gasteiger partial charge in [-0.25, -0.2) is 4.79 Å². The van der Waals surface area contributed by atoms with Crippen molar-refractivity contribution in [2.45, 2.75) is 47.5 Å². The quantitative estimate of drug-likeness (QED) is 0.596. The zero-order valence-electron chi connectivity index (χ0n) is 14.5. The highest BCUT2D eigenvalue weighted by Gasteiger charge is 2.14. The van der Waals surface area contributed by atoms with Crippen LogP contribution in [0.15, 0.2) is 6.07 Å². The lowest BCUT2D eigenvalue weighted by molar-refractivity contribution is -0.114. The number of esters is 1. The van der Waals surface area contributed by atoms with E-state index < -0.39 is 5.97 Å². The fraction of sp³-hybridized carbons (Fsp3) is 0.556. The average Bonchev–Trinajstić information content (AvgIpc) is 2.44. The number of hydrogen-bond acceptors (Lipinski definition) is 5. The smallest absolute Gasteiger partial charge is 0.358 e. The van der Waals surface area contributed by atoms with E-state index in [0.717, 1.165) is 5.56 Å². The summed E-state index contributed by atoms with van der Waals surface area (Å²) in [5.41, 5.74) is 1.42. The first kappa shape index (κ1) is 18.8. The Balaban J connectivity index is 3.09. The van der Waals surface area contributed by atoms with Crippen molar-refractivity contribution >= 4 is 11.8 Å². The zero-order chi connectivity index (χ0) is 17.4. The Morgan fingerprint density at radius 1 is 1.17 bits per heavy atom. The lowest BCUT2D eigenvalue weighted by Gasteiger charge is -2.08. The SMILES string of the molecule is CCOC(=O)c1cc(CC(C)C)c(C#CC(=O)CC(C)C)nn1. The first-order valence-electron chi connectivity index (χ1n) is 7.92. The topological polar surface area (TPSA) is 69.2 Å². The third-order valence-corrected chi connectivity index (χ3v) is 2.90. The van der Waals surface area contributed by atoms with Crippen LogP contribution in [-0.4, -0.2) is 28.6 Å². The molecular weight excluding hydrogens is 292 g/mol. The number of rotatable bonds is 6. The lowest BCUT2D eigenvalue weighted by atomic mass is 10.0. The molecule has 124 valence electrons. The van der Waals surface area contributed by atoms with Gasteiger partial charge in [0, 0.05) is 6.42 Å². The van der Waals surface area contributed by atoms with Gasteiger partial charge in [-0.15, -0.1) is 10.2 Å². The number of ketones is 1. The van der Waals surface area contributed by atoms with E-state index in [9.17, 15) is 9.59 Å². The lowest BCUT2D eigenvalue weighted by Crippen LogP contribution is -2.11. The highest BCUT2D eigenvalue weighted by atomic mass is 16.5. The number of nitrogens with zero attached hydrogens (tertiary/aromatic N) is 2. The van der Waals surface area contributed by atoms with E-state index in [4.69, 9.17) is 4.74 Å². The van der Waals surface area contributed by atoms with Crippen LogP contribution in [-0.2, 0) is 16.0 Å². The van der Waals surface area contributed by atoms with Gasteiger partial charge < -0.3 is 4.74 Å². The maximum atomic E-state index is 11.8. The molecule has 0 aliphatic rings. The molecule has 0 aliphatic carbocycles. The van der Waals surface area contributed by atoms with Crippen LogP contribution in [0.5, 0.6) is 0 Å². The minimum absolute atomic E-state index is 0.119. The molecule has 0 spiro atoms. The fourth-order valence-corrected chi connectivity index (χ4v) is 1.99. The largest absolute Gasteiger partial charge is 0.461 e. The summed E-state index contributed by atoms with van der Waals surface area (Å²) >= 11 is 0. The van der Waals surface area contributed by atoms with Gasteiger partial charge in [0.1, 0.15) is 5.69 Å². The molecule has 0 unspecified atom stereocenters. The molecule has 1 aromatic heterocycles. The molecule has 0 N–H and O–H groups in total. The zero-order valence-corrected chi connectivity index (χ0v) is 14.5. The molecule has 5 nitrogen and oxygen atoms in total. The van der Waals surface area contributed by atoms with Crippen molar-refractivity contribution in [1.82, 2.24) is 10.2 Å². The second-order valence-corrected chi connectivity index (χ2v) is 6.19. The van der Waals surface area contributed by atoms with E-state index in [1.54, 1.807) is 13.0 Å². The van der Waals surface area contributed by atoms with Gasteiger partial charge in [-0.1, -0.05) is 27.7 Å². The Bertz CT molecular complexity index is 625. The minimum Gasteiger partial charge on any atom is -0.461 e. The van der Waals surface area contributed by atoms with Gasteiger partial charge in [-0.05, 0) is 48.7 Å². The number of ether oxygens (including phenoxy) is 1. The number of Topliss-reactive ketones (excluding diaryl/α,β-unsaturated/α-hetero) is 1. The van der Waals surface area contributed by atoms with Crippen LogP contribution in [0.4, 0.5) is 0 Å². The second-order valence-electron chi connectivity index (χ2n) is 6.19. The molecular formula is C18H24N2O3. The summed E-state index contributed by atoms with van der Waals surface area (Å²) in [7, 11) is 0. The van der Waals surface area contributed by atoms with Crippen LogP contribution < -0.4 is 0 Å². The van der Waals surface area contributed by atoms with Gasteiger partial charge in [0.05, 0.1) is 6.61 Å². The standard InChI is InChI=1S/C18H24N2O3/c1-6-23-18(22)17-11-14(9-12(2)3)16(19-20-17)8-7-15(21)10-13(4)5/h11-13H,6,9-10H2,1-5H3. The highest BCUT2D eigenvalue weighted by Crippen LogP contribution is 2.13. The van der Waals surface area contributed by atoms with Crippen LogP contribution in [0, 0.1) is 23.7 Å². The molecule has 0 bridgehead atoms. The Kier molecular flexibility index (Phi) is 7.40. The highest BCUT2D eigenvalue weighted by molar-refractivity contribution is 5.96. The van der Waals surface area contributed by atoms with Crippen molar-refractivity contribution < 1.29 is 14.3 Å². The third kappa shape index (κ3) is 6.60. The number of carbonyl (C=O) groups is 2. The summed E-state index contributed by atoms with van der Waals surface area (Å²) in [4.78, 5) is 23.5. The Hall–Kier alpha value is -2.22. The monoisotopic (exact) mass is 316 g/mol. The maximum absolute atomic E-state index is 11.8. The molecule has 0 atom stereocenters. The van der Waals surface area contributed by atoms with Gasteiger partial charge in [-0.3, -0.25) is 4.79 Å². The Morgan fingerprint density at radius 3 is 2.43 bits per heavy atom. The summed E-state index contributed by atoms with van der Waals surface area (Å²) in [6, 6.07) is 1.65. The van der Waals surface area contributed by atoms with Crippen LogP contribution in [0.1, 0.15) is 62.8 Å². The molecule has 0 aliphatic heterocycles. The van der Waals surface area contributed by atoms with Gasteiger partial charge in [0.15, 0.2) is 5.69 Å². The molecule has 0 fully saturated rings. The van der Waals surface area contributed by atoms with Crippen LogP contribution in [0.25, 0.3) is 0 Å². The summed E-state index contributed by atoms with van der Waals surface area (Å²) in [6.07, 6.45) is 1.12. The van der Waals surface area contributed by atoms with Crippen molar-refractivity contribution in [2.24, 2.45) is 11.8 Å². The molecule has 1 rings (SSSR count). The third-order valence-electron chi connectivity index (χ3n) is 2.90. The van der Waals surface area contributed by atoms with Crippen LogP contribution >= 0.6 is 0 Å². The summed E-state index contributed by atoms with van der Waals surface area (Å²) in [5, 5.41) is 7.88. The minimum atomic E-state index is -0.500. The van der Waals surface area contributed by atoms with E-state index in [-0.39, 0.29) is 24.0 Å². The molecule has 23 heavy (non-hydrogen) atoms. The summed E-state index contributed by atoms with van der Waals surface area (Å²) in [5.74, 6) is 5.42. The normalized spacial score (nSPS) is 10.4. The van der Waals surface area contributed by atoms with E-state index in [2.05, 4.69) is 35.9 Å². The number of hydrogen-bond donors (Lipinski definition) is 0. The van der Waals surface area contributed by atoms with Gasteiger partial charge >= 0.3 is 5.97 Å². The fourth-order valence-electron chi connectivity index (χ4n) is 1.99. The molecule has 0 saturated heterocycles. The van der Waals surface area contributed by atoms with Gasteiger partial charge in [0.25, 0.3) is 0 Å². The predicted molar refractivity (Wildman–Crippen MR) is 87.9 cm³/mol. The van der Waals surface area contributed by atoms with Crippen molar-refractivity contribution in [3.05, 3.63) is 23.0 Å². The van der Waals surface area contributed by atoms with Crippen LogP contribution in [0.2, 0.25) is 0 Å². The van der Waals surface area contributed by atoms with Gasteiger partial charge in [0.2, 0.25) is 5.78 Å². The molecule has 1 heterocycles. The van der Waals surface area contributed by atoms with Crippen molar-refractivity contribution in [2.75, 3.05) is 6.61 Å². The van der Waals surface area contributed by atoms with E-state index in [1.165, 1.54) is 0 Å². The molecule has 0 radical (unpaired) electrons. The molecule has 0 saturated carbocycles. The molecule has 0 aromatic carbocycles. The molecule has 1 aromatic rings. The second kappa shape index (κ2) is 9.04. The summed E-state index contributed by atoms with van der Waals surface area (Å²) < 4.78 is 4.94. The van der Waals surface area contributed by atoms with E-state index in [1.807, 2.05) is 13.8 Å². The Morgan fingerprint density at radius 2 is 1.87 bits per heavy atom. The Labute approximate surface area is 137 Å². The van der Waals surface area contributed by atoms with Crippen LogP contribution in [0.3, 0.4) is 0 Å². The van der Waals surface area contributed by atoms with E-state index >= 15 is 0 Å². The van der Waals surface area contributed by atoms with Crippen molar-refractivity contribution in [3.8, 4) is 11.8 Å². The summed E-state index contributed by atoms with van der Waals surface area (Å²) in [6.45, 7) is 10.1.